The van der Waals surface area contributed by atoms with Crippen LogP contribution in [0.3, 0.4) is 0 Å². The number of fused-ring (bicyclic) bond motifs is 1. The second kappa shape index (κ2) is 5.51. The summed E-state index contributed by atoms with van der Waals surface area (Å²) in [6, 6.07) is 5.60. The molecule has 0 aliphatic carbocycles. The number of hydrogen-bond acceptors (Lipinski definition) is 4. The lowest BCUT2D eigenvalue weighted by Gasteiger charge is -2.25. The third-order valence-electron chi connectivity index (χ3n) is 3.21. The van der Waals surface area contributed by atoms with Gasteiger partial charge in [-0.25, -0.2) is 0 Å². The van der Waals surface area contributed by atoms with Gasteiger partial charge in [0, 0.05) is 0 Å². The van der Waals surface area contributed by atoms with Crippen LogP contribution in [0.2, 0.25) is 0 Å². The molecule has 1 aliphatic rings. The van der Waals surface area contributed by atoms with Crippen LogP contribution in [0.4, 0.5) is 0 Å². The first-order valence-electron chi connectivity index (χ1n) is 6.63. The summed E-state index contributed by atoms with van der Waals surface area (Å²) in [5.41, 5.74) is 0.184. The highest BCUT2D eigenvalue weighted by Crippen LogP contribution is 2.35. The molecule has 0 aromatic heterocycles. The Kier molecular flexibility index (Phi) is 3.98. The normalized spacial score (nSPS) is 14.1. The number of carbonyl (C=O) groups excluding carboxylic acids is 1. The zero-order chi connectivity index (χ0) is 13.9. The van der Waals surface area contributed by atoms with E-state index in [2.05, 4.69) is 0 Å². The summed E-state index contributed by atoms with van der Waals surface area (Å²) in [5.74, 6) is 1.21. The summed E-state index contributed by atoms with van der Waals surface area (Å²) in [6.07, 6.45) is 0.822. The summed E-state index contributed by atoms with van der Waals surface area (Å²) in [5, 5.41) is 0. The van der Waals surface area contributed by atoms with Gasteiger partial charge in [-0.1, -0.05) is 13.0 Å². The van der Waals surface area contributed by atoms with Gasteiger partial charge >= 0.3 is 5.97 Å². The van der Waals surface area contributed by atoms with Crippen molar-refractivity contribution in [3.63, 3.8) is 0 Å². The van der Waals surface area contributed by atoms with E-state index in [1.807, 2.05) is 39.0 Å². The van der Waals surface area contributed by atoms with Crippen LogP contribution in [-0.4, -0.2) is 25.8 Å². The molecule has 0 saturated heterocycles. The van der Waals surface area contributed by atoms with Gasteiger partial charge in [0.25, 0.3) is 0 Å². The van der Waals surface area contributed by atoms with Crippen molar-refractivity contribution in [1.82, 2.24) is 0 Å². The quantitative estimate of drug-likeness (QED) is 0.784. The highest BCUT2D eigenvalue weighted by Gasteiger charge is 2.32. The molecule has 19 heavy (non-hydrogen) atoms. The summed E-state index contributed by atoms with van der Waals surface area (Å²) < 4.78 is 16.3. The Bertz CT molecular complexity index is 465. The number of esters is 1. The van der Waals surface area contributed by atoms with Crippen LogP contribution in [0.1, 0.15) is 32.8 Å². The minimum Gasteiger partial charge on any atom is -0.486 e. The van der Waals surface area contributed by atoms with Gasteiger partial charge in [0.2, 0.25) is 0 Å². The molecule has 0 atom stereocenters. The van der Waals surface area contributed by atoms with Crippen LogP contribution < -0.4 is 9.47 Å². The van der Waals surface area contributed by atoms with Gasteiger partial charge in [0.1, 0.15) is 13.2 Å². The Morgan fingerprint density at radius 2 is 1.95 bits per heavy atom. The molecule has 0 radical (unpaired) electrons. The molecule has 0 N–H and O–H groups in total. The molecule has 0 saturated carbocycles. The summed E-state index contributed by atoms with van der Waals surface area (Å²) in [4.78, 5) is 12.1. The zero-order valence-electron chi connectivity index (χ0n) is 11.7. The fraction of sp³-hybridized carbons (Fsp3) is 0.533. The molecule has 1 heterocycles. The van der Waals surface area contributed by atoms with Crippen molar-refractivity contribution in [1.29, 1.82) is 0 Å². The lowest BCUT2D eigenvalue weighted by atomic mass is 9.84. The van der Waals surface area contributed by atoms with Crippen molar-refractivity contribution < 1.29 is 19.0 Å². The van der Waals surface area contributed by atoms with Gasteiger partial charge in [0.15, 0.2) is 11.5 Å². The Hall–Kier alpha value is -1.71. The van der Waals surface area contributed by atoms with Crippen molar-refractivity contribution in [3.05, 3.63) is 23.8 Å². The lowest BCUT2D eigenvalue weighted by Crippen LogP contribution is -2.31. The molecule has 4 nitrogen and oxygen atoms in total. The van der Waals surface area contributed by atoms with Crippen molar-refractivity contribution in [2.24, 2.45) is 0 Å². The van der Waals surface area contributed by atoms with Crippen molar-refractivity contribution in [3.8, 4) is 11.5 Å². The molecular weight excluding hydrogens is 244 g/mol. The molecule has 1 aliphatic heterocycles. The molecule has 104 valence electrons. The molecule has 0 fully saturated rings. The van der Waals surface area contributed by atoms with Crippen LogP contribution in [0.5, 0.6) is 11.5 Å². The van der Waals surface area contributed by atoms with E-state index in [-0.39, 0.29) is 5.97 Å². The molecule has 1 aromatic rings. The lowest BCUT2D eigenvalue weighted by molar-refractivity contribution is -0.149. The van der Waals surface area contributed by atoms with Gasteiger partial charge in [-0.3, -0.25) is 4.79 Å². The van der Waals surface area contributed by atoms with E-state index in [0.29, 0.717) is 25.6 Å². The predicted molar refractivity (Wildman–Crippen MR) is 71.7 cm³/mol. The van der Waals surface area contributed by atoms with Crippen LogP contribution in [0, 0.1) is 0 Å². The molecular formula is C15H20O4. The second-order valence-corrected chi connectivity index (χ2v) is 5.12. The number of ether oxygens (including phenoxy) is 3. The maximum absolute atomic E-state index is 12.1. The summed E-state index contributed by atoms with van der Waals surface area (Å²) >= 11 is 0. The van der Waals surface area contributed by atoms with Crippen molar-refractivity contribution in [2.75, 3.05) is 19.8 Å². The molecule has 4 heteroatoms. The molecule has 0 unspecified atom stereocenters. The van der Waals surface area contributed by atoms with Crippen LogP contribution >= 0.6 is 0 Å². The first-order valence-corrected chi connectivity index (χ1v) is 6.63. The maximum atomic E-state index is 12.1. The molecule has 0 spiro atoms. The van der Waals surface area contributed by atoms with Crippen LogP contribution in [0.15, 0.2) is 18.2 Å². The molecule has 1 aromatic carbocycles. The van der Waals surface area contributed by atoms with Crippen LogP contribution in [-0.2, 0) is 14.9 Å². The highest BCUT2D eigenvalue weighted by molar-refractivity contribution is 5.82. The topological polar surface area (TPSA) is 44.8 Å². The first-order chi connectivity index (χ1) is 9.05. The van der Waals surface area contributed by atoms with E-state index in [0.717, 1.165) is 17.7 Å². The smallest absolute Gasteiger partial charge is 0.315 e. The molecule has 0 amide bonds. The molecule has 2 rings (SSSR count). The van der Waals surface area contributed by atoms with Crippen LogP contribution in [0.25, 0.3) is 0 Å². The monoisotopic (exact) mass is 264 g/mol. The minimum absolute atomic E-state index is 0.217. The standard InChI is InChI=1S/C15H20O4/c1-4-7-19-14(16)15(2,3)11-5-6-12-13(10-11)18-9-8-17-12/h5-6,10H,4,7-9H2,1-3H3. The zero-order valence-corrected chi connectivity index (χ0v) is 11.7. The number of carbonyl (C=O) groups is 1. The van der Waals surface area contributed by atoms with E-state index < -0.39 is 5.41 Å². The first kappa shape index (κ1) is 13.7. The fourth-order valence-electron chi connectivity index (χ4n) is 1.93. The Morgan fingerprint density at radius 1 is 1.26 bits per heavy atom. The van der Waals surface area contributed by atoms with Gasteiger partial charge in [-0.15, -0.1) is 0 Å². The van der Waals surface area contributed by atoms with Gasteiger partial charge in [-0.05, 0) is 38.0 Å². The van der Waals surface area contributed by atoms with Crippen molar-refractivity contribution >= 4 is 5.97 Å². The van der Waals surface area contributed by atoms with Gasteiger partial charge < -0.3 is 14.2 Å². The van der Waals surface area contributed by atoms with Gasteiger partial charge in [-0.2, -0.15) is 0 Å². The third kappa shape index (κ3) is 2.83. The number of hydrogen-bond donors (Lipinski definition) is 0. The summed E-state index contributed by atoms with van der Waals surface area (Å²) in [6.45, 7) is 7.25. The average molecular weight is 264 g/mol. The predicted octanol–water partition coefficient (Wildman–Crippen LogP) is 2.69. The van der Waals surface area contributed by atoms with E-state index in [1.165, 1.54) is 0 Å². The maximum Gasteiger partial charge on any atom is 0.315 e. The Balaban J connectivity index is 2.22. The highest BCUT2D eigenvalue weighted by atomic mass is 16.6. The van der Waals surface area contributed by atoms with Crippen molar-refractivity contribution in [2.45, 2.75) is 32.6 Å². The SMILES string of the molecule is CCCOC(=O)C(C)(C)c1ccc2c(c1)OCCO2. The third-order valence-corrected chi connectivity index (χ3v) is 3.21. The average Bonchev–Trinajstić information content (AvgIpc) is 2.44. The van der Waals surface area contributed by atoms with E-state index in [1.54, 1.807) is 0 Å². The number of benzene rings is 1. The number of rotatable bonds is 4. The Labute approximate surface area is 113 Å². The largest absolute Gasteiger partial charge is 0.486 e. The molecule has 0 bridgehead atoms. The van der Waals surface area contributed by atoms with E-state index in [9.17, 15) is 4.79 Å². The fourth-order valence-corrected chi connectivity index (χ4v) is 1.93. The van der Waals surface area contributed by atoms with E-state index >= 15 is 0 Å². The second-order valence-electron chi connectivity index (χ2n) is 5.12. The van der Waals surface area contributed by atoms with Gasteiger partial charge in [0.05, 0.1) is 12.0 Å². The minimum atomic E-state index is -0.689. The van der Waals surface area contributed by atoms with E-state index in [4.69, 9.17) is 14.2 Å². The summed E-state index contributed by atoms with van der Waals surface area (Å²) in [7, 11) is 0. The Morgan fingerprint density at radius 3 is 2.63 bits per heavy atom.